The molecule has 0 radical (unpaired) electrons. The molecule has 116 valence electrons. The van der Waals surface area contributed by atoms with E-state index in [9.17, 15) is 0 Å². The van der Waals surface area contributed by atoms with Crippen molar-refractivity contribution in [3.05, 3.63) is 34.3 Å². The van der Waals surface area contributed by atoms with E-state index in [1.807, 2.05) is 0 Å². The van der Waals surface area contributed by atoms with E-state index < -0.39 is 0 Å². The van der Waals surface area contributed by atoms with Gasteiger partial charge in [-0.3, -0.25) is 0 Å². The summed E-state index contributed by atoms with van der Waals surface area (Å²) in [5.41, 5.74) is 1.47. The van der Waals surface area contributed by atoms with Crippen molar-refractivity contribution in [1.29, 1.82) is 0 Å². The molecule has 4 atom stereocenters. The summed E-state index contributed by atoms with van der Waals surface area (Å²) in [4.78, 5) is 0. The lowest BCUT2D eigenvalue weighted by molar-refractivity contribution is 0.110. The maximum atomic E-state index is 3.77. The monoisotopic (exact) mass is 349 g/mol. The fourth-order valence-corrected chi connectivity index (χ4v) is 4.92. The molecule has 2 fully saturated rings. The topological polar surface area (TPSA) is 12.0 Å². The van der Waals surface area contributed by atoms with Gasteiger partial charge in [0.2, 0.25) is 0 Å². The Balaban J connectivity index is 1.73. The van der Waals surface area contributed by atoms with Gasteiger partial charge in [0, 0.05) is 10.5 Å². The molecule has 0 spiro atoms. The molecule has 2 aliphatic rings. The second kappa shape index (κ2) is 7.28. The van der Waals surface area contributed by atoms with Gasteiger partial charge in [-0.05, 0) is 61.3 Å². The Kier molecular flexibility index (Phi) is 5.39. The quantitative estimate of drug-likeness (QED) is 0.734. The molecule has 1 aromatic carbocycles. The summed E-state index contributed by atoms with van der Waals surface area (Å²) < 4.78 is 1.18. The van der Waals surface area contributed by atoms with Gasteiger partial charge >= 0.3 is 0 Å². The minimum absolute atomic E-state index is 0.547. The number of fused-ring (bicyclic) bond motifs is 1. The van der Waals surface area contributed by atoms with Crippen LogP contribution in [0.5, 0.6) is 0 Å². The molecule has 0 amide bonds. The molecule has 4 unspecified atom stereocenters. The Morgan fingerprint density at radius 1 is 1.05 bits per heavy atom. The van der Waals surface area contributed by atoms with Crippen LogP contribution in [0, 0.1) is 17.8 Å². The van der Waals surface area contributed by atoms with Crippen molar-refractivity contribution >= 4 is 15.9 Å². The van der Waals surface area contributed by atoms with Gasteiger partial charge < -0.3 is 5.32 Å². The highest BCUT2D eigenvalue weighted by Crippen LogP contribution is 2.46. The number of nitrogens with one attached hydrogen (secondary N) is 1. The summed E-state index contributed by atoms with van der Waals surface area (Å²) in [7, 11) is 0. The van der Waals surface area contributed by atoms with E-state index in [1.54, 1.807) is 0 Å². The summed E-state index contributed by atoms with van der Waals surface area (Å²) >= 11 is 3.55. The second-order valence-corrected chi connectivity index (χ2v) is 7.88. The molecule has 2 aliphatic carbocycles. The van der Waals surface area contributed by atoms with Crippen molar-refractivity contribution in [2.45, 2.75) is 57.9 Å². The third-order valence-corrected chi connectivity index (χ3v) is 6.23. The molecule has 0 aliphatic heterocycles. The van der Waals surface area contributed by atoms with E-state index in [4.69, 9.17) is 0 Å². The molecule has 1 N–H and O–H groups in total. The Bertz CT molecular complexity index is 441. The van der Waals surface area contributed by atoms with Gasteiger partial charge in [-0.15, -0.1) is 0 Å². The Hall–Kier alpha value is -0.340. The normalized spacial score (nSPS) is 30.7. The molecular weight excluding hydrogens is 322 g/mol. The molecular formula is C19H28BrN. The van der Waals surface area contributed by atoms with Crippen LogP contribution in [0.15, 0.2) is 28.7 Å². The van der Waals surface area contributed by atoms with Gasteiger partial charge in [-0.2, -0.15) is 0 Å². The molecule has 0 aromatic heterocycles. The lowest BCUT2D eigenvalue weighted by atomic mass is 9.65. The lowest BCUT2D eigenvalue weighted by Gasteiger charge is -2.42. The zero-order valence-electron chi connectivity index (χ0n) is 13.2. The van der Waals surface area contributed by atoms with Gasteiger partial charge in [0.15, 0.2) is 0 Å². The number of benzene rings is 1. The Morgan fingerprint density at radius 2 is 1.76 bits per heavy atom. The molecule has 0 bridgehead atoms. The number of hydrogen-bond donors (Lipinski definition) is 1. The summed E-state index contributed by atoms with van der Waals surface area (Å²) in [6, 6.07) is 9.51. The number of hydrogen-bond acceptors (Lipinski definition) is 1. The van der Waals surface area contributed by atoms with Crippen LogP contribution in [-0.2, 0) is 0 Å². The zero-order chi connectivity index (χ0) is 14.7. The van der Waals surface area contributed by atoms with Crippen molar-refractivity contribution in [1.82, 2.24) is 5.32 Å². The van der Waals surface area contributed by atoms with E-state index in [0.29, 0.717) is 6.04 Å². The first-order chi connectivity index (χ1) is 10.3. The minimum Gasteiger partial charge on any atom is -0.310 e. The maximum Gasteiger partial charge on any atom is 0.0348 e. The van der Waals surface area contributed by atoms with Gasteiger partial charge in [0.25, 0.3) is 0 Å². The summed E-state index contributed by atoms with van der Waals surface area (Å²) in [6.45, 7) is 3.30. The largest absolute Gasteiger partial charge is 0.310 e. The van der Waals surface area contributed by atoms with Gasteiger partial charge in [-0.1, -0.05) is 60.7 Å². The van der Waals surface area contributed by atoms with E-state index in [2.05, 4.69) is 52.4 Å². The third kappa shape index (κ3) is 3.71. The Morgan fingerprint density at radius 3 is 2.48 bits per heavy atom. The predicted molar refractivity (Wildman–Crippen MR) is 93.3 cm³/mol. The van der Waals surface area contributed by atoms with E-state index in [0.717, 1.165) is 24.3 Å². The van der Waals surface area contributed by atoms with Crippen molar-refractivity contribution < 1.29 is 0 Å². The van der Waals surface area contributed by atoms with Crippen molar-refractivity contribution in [3.63, 3.8) is 0 Å². The van der Waals surface area contributed by atoms with Crippen LogP contribution in [0.2, 0.25) is 0 Å². The van der Waals surface area contributed by atoms with Crippen LogP contribution in [0.3, 0.4) is 0 Å². The number of halogens is 1. The standard InChI is InChI=1S/C19H28BrN/c1-2-21-19(15-9-11-18(20)12-10-15)17-8-7-14-5-3-4-6-16(14)13-17/h9-12,14,16-17,19,21H,2-8,13H2,1H3. The van der Waals surface area contributed by atoms with Crippen molar-refractivity contribution in [2.24, 2.45) is 17.8 Å². The Labute approximate surface area is 138 Å². The van der Waals surface area contributed by atoms with Crippen LogP contribution < -0.4 is 5.32 Å². The molecule has 2 saturated carbocycles. The molecule has 21 heavy (non-hydrogen) atoms. The smallest absolute Gasteiger partial charge is 0.0348 e. The van der Waals surface area contributed by atoms with Crippen LogP contribution in [0.25, 0.3) is 0 Å². The van der Waals surface area contributed by atoms with E-state index >= 15 is 0 Å². The van der Waals surface area contributed by atoms with Crippen LogP contribution in [0.1, 0.15) is 63.5 Å². The third-order valence-electron chi connectivity index (χ3n) is 5.70. The first-order valence-corrected chi connectivity index (χ1v) is 9.56. The first kappa shape index (κ1) is 15.6. The molecule has 3 rings (SSSR count). The highest BCUT2D eigenvalue weighted by atomic mass is 79.9. The fraction of sp³-hybridized carbons (Fsp3) is 0.684. The molecule has 0 heterocycles. The van der Waals surface area contributed by atoms with Gasteiger partial charge in [-0.25, -0.2) is 0 Å². The molecule has 1 nitrogen and oxygen atoms in total. The SMILES string of the molecule is CCNC(c1ccc(Br)cc1)C1CCC2CCCCC2C1. The average molecular weight is 350 g/mol. The van der Waals surface area contributed by atoms with Crippen LogP contribution >= 0.6 is 15.9 Å². The van der Waals surface area contributed by atoms with E-state index in [1.165, 1.54) is 55.0 Å². The highest BCUT2D eigenvalue weighted by Gasteiger charge is 2.35. The molecule has 1 aromatic rings. The van der Waals surface area contributed by atoms with Crippen LogP contribution in [0.4, 0.5) is 0 Å². The average Bonchev–Trinajstić information content (AvgIpc) is 2.53. The van der Waals surface area contributed by atoms with Crippen molar-refractivity contribution in [2.75, 3.05) is 6.54 Å². The van der Waals surface area contributed by atoms with E-state index in [-0.39, 0.29) is 0 Å². The highest BCUT2D eigenvalue weighted by molar-refractivity contribution is 9.10. The van der Waals surface area contributed by atoms with Crippen LogP contribution in [-0.4, -0.2) is 6.54 Å². The predicted octanol–water partition coefficient (Wildman–Crippen LogP) is 5.71. The first-order valence-electron chi connectivity index (χ1n) is 8.76. The fourth-order valence-electron chi connectivity index (χ4n) is 4.66. The summed E-state index contributed by atoms with van der Waals surface area (Å²) in [5.74, 6) is 2.88. The number of rotatable bonds is 4. The van der Waals surface area contributed by atoms with Gasteiger partial charge in [0.1, 0.15) is 0 Å². The maximum absolute atomic E-state index is 3.77. The van der Waals surface area contributed by atoms with Crippen molar-refractivity contribution in [3.8, 4) is 0 Å². The zero-order valence-corrected chi connectivity index (χ0v) is 14.7. The summed E-state index contributed by atoms with van der Waals surface area (Å²) in [5, 5.41) is 3.77. The second-order valence-electron chi connectivity index (χ2n) is 6.96. The molecule has 0 saturated heterocycles. The lowest BCUT2D eigenvalue weighted by Crippen LogP contribution is -2.35. The molecule has 2 heteroatoms. The summed E-state index contributed by atoms with van der Waals surface area (Å²) in [6.07, 6.45) is 10.3. The van der Waals surface area contributed by atoms with Gasteiger partial charge in [0.05, 0.1) is 0 Å². The minimum atomic E-state index is 0.547.